The molecule has 0 aliphatic carbocycles. The van der Waals surface area contributed by atoms with Gasteiger partial charge in [0.05, 0.1) is 13.1 Å². The third kappa shape index (κ3) is 5.39. The zero-order chi connectivity index (χ0) is 15.0. The van der Waals surface area contributed by atoms with Gasteiger partial charge in [-0.05, 0) is 31.7 Å². The maximum Gasteiger partial charge on any atom is 0.234 e. The predicted octanol–water partition coefficient (Wildman–Crippen LogP) is 0.704. The average molecular weight is 277 g/mol. The molecule has 3 N–H and O–H groups in total. The maximum atomic E-state index is 13.2. The Morgan fingerprint density at radius 1 is 1.50 bits per heavy atom. The first-order valence-corrected chi connectivity index (χ1v) is 6.49. The summed E-state index contributed by atoms with van der Waals surface area (Å²) < 4.78 is 13.2. The molecule has 0 fully saturated rings. The Kier molecular flexibility index (Phi) is 6.71. The molecule has 0 radical (unpaired) electrons. The zero-order valence-corrected chi connectivity index (χ0v) is 11.9. The van der Waals surface area contributed by atoms with Crippen LogP contribution >= 0.6 is 0 Å². The van der Waals surface area contributed by atoms with Gasteiger partial charge < -0.3 is 11.1 Å². The molecular weight excluding hydrogens is 257 g/mol. The molecule has 0 aliphatic heterocycles. The number of likely N-dealkylation sites (N-methyl/N-ethyl adjacent to an activating group) is 2. The number of carbonyl (C=O) groups is 1. The lowest BCUT2D eigenvalue weighted by molar-refractivity contribution is -0.121. The van der Waals surface area contributed by atoms with E-state index in [-0.39, 0.29) is 24.8 Å². The van der Waals surface area contributed by atoms with E-state index in [9.17, 15) is 9.18 Å². The first kappa shape index (κ1) is 16.2. The van der Waals surface area contributed by atoms with E-state index in [0.29, 0.717) is 18.7 Å². The third-order valence-corrected chi connectivity index (χ3v) is 2.62. The molecule has 0 aromatic heterocycles. The number of nitrogens with zero attached hydrogens (tertiary/aromatic N) is 1. The molecule has 0 saturated carbocycles. The van der Waals surface area contributed by atoms with E-state index in [0.717, 1.165) is 5.56 Å². The molecule has 4 nitrogen and oxygen atoms in total. The van der Waals surface area contributed by atoms with Crippen molar-refractivity contribution in [2.75, 3.05) is 26.7 Å². The molecule has 0 atom stereocenters. The van der Waals surface area contributed by atoms with Crippen molar-refractivity contribution in [3.05, 3.63) is 35.1 Å². The Labute approximate surface area is 119 Å². The van der Waals surface area contributed by atoms with Crippen LogP contribution in [0.5, 0.6) is 0 Å². The molecule has 1 aromatic rings. The number of rotatable bonds is 5. The molecule has 0 heterocycles. The van der Waals surface area contributed by atoms with Crippen LogP contribution in [0, 0.1) is 17.7 Å². The summed E-state index contributed by atoms with van der Waals surface area (Å²) >= 11 is 0. The first-order valence-electron chi connectivity index (χ1n) is 6.49. The smallest absolute Gasteiger partial charge is 0.234 e. The number of hydrogen-bond acceptors (Lipinski definition) is 3. The third-order valence-electron chi connectivity index (χ3n) is 2.62. The van der Waals surface area contributed by atoms with E-state index >= 15 is 0 Å². The highest BCUT2D eigenvalue weighted by Crippen LogP contribution is 2.12. The molecule has 108 valence electrons. The van der Waals surface area contributed by atoms with Crippen molar-refractivity contribution < 1.29 is 9.18 Å². The molecule has 1 rings (SSSR count). The Balaban J connectivity index is 2.78. The minimum atomic E-state index is -0.332. The number of benzene rings is 1. The second-order valence-corrected chi connectivity index (χ2v) is 4.43. The largest absolute Gasteiger partial charge is 0.355 e. The fourth-order valence-electron chi connectivity index (χ4n) is 1.79. The summed E-state index contributed by atoms with van der Waals surface area (Å²) in [6.45, 7) is 3.51. The number of hydrogen-bond donors (Lipinski definition) is 2. The van der Waals surface area contributed by atoms with Crippen molar-refractivity contribution in [1.82, 2.24) is 10.2 Å². The van der Waals surface area contributed by atoms with Crippen molar-refractivity contribution in [2.24, 2.45) is 5.73 Å². The topological polar surface area (TPSA) is 58.4 Å². The predicted molar refractivity (Wildman–Crippen MR) is 77.4 cm³/mol. The minimum Gasteiger partial charge on any atom is -0.355 e. The van der Waals surface area contributed by atoms with Crippen molar-refractivity contribution in [3.8, 4) is 11.8 Å². The second kappa shape index (κ2) is 8.31. The van der Waals surface area contributed by atoms with Crippen LogP contribution in [-0.2, 0) is 11.3 Å². The molecule has 0 unspecified atom stereocenters. The standard InChI is InChI=1S/C15H20FN3O/c1-3-18-15(20)11-19(2)10-13-6-7-14(16)9-12(13)5-4-8-17/h6-7,9H,3,8,10-11,17H2,1-2H3,(H,18,20). The van der Waals surface area contributed by atoms with Crippen LogP contribution in [-0.4, -0.2) is 37.5 Å². The summed E-state index contributed by atoms with van der Waals surface area (Å²) in [6.07, 6.45) is 0. The Morgan fingerprint density at radius 3 is 2.90 bits per heavy atom. The quantitative estimate of drug-likeness (QED) is 0.779. The van der Waals surface area contributed by atoms with E-state index in [1.54, 1.807) is 6.07 Å². The van der Waals surface area contributed by atoms with Gasteiger partial charge >= 0.3 is 0 Å². The van der Waals surface area contributed by atoms with Gasteiger partial charge in [-0.2, -0.15) is 0 Å². The lowest BCUT2D eigenvalue weighted by atomic mass is 10.1. The van der Waals surface area contributed by atoms with Gasteiger partial charge in [0.25, 0.3) is 0 Å². The molecule has 5 heteroatoms. The number of nitrogens with one attached hydrogen (secondary N) is 1. The fourth-order valence-corrected chi connectivity index (χ4v) is 1.79. The molecule has 0 aliphatic rings. The van der Waals surface area contributed by atoms with Gasteiger partial charge in [0.2, 0.25) is 5.91 Å². The molecule has 1 aromatic carbocycles. The number of halogens is 1. The van der Waals surface area contributed by atoms with Crippen LogP contribution in [0.25, 0.3) is 0 Å². The SMILES string of the molecule is CCNC(=O)CN(C)Cc1ccc(F)cc1C#CCN. The number of amides is 1. The van der Waals surface area contributed by atoms with Gasteiger partial charge in [0.15, 0.2) is 0 Å². The monoisotopic (exact) mass is 277 g/mol. The summed E-state index contributed by atoms with van der Waals surface area (Å²) in [6, 6.07) is 4.46. The zero-order valence-electron chi connectivity index (χ0n) is 11.9. The average Bonchev–Trinajstić information content (AvgIpc) is 2.39. The Bertz CT molecular complexity index is 520. The summed E-state index contributed by atoms with van der Waals surface area (Å²) in [4.78, 5) is 13.4. The van der Waals surface area contributed by atoms with Crippen molar-refractivity contribution in [3.63, 3.8) is 0 Å². The van der Waals surface area contributed by atoms with Gasteiger partial charge in [-0.3, -0.25) is 9.69 Å². The molecular formula is C15H20FN3O. The van der Waals surface area contributed by atoms with E-state index in [4.69, 9.17) is 5.73 Å². The molecule has 0 spiro atoms. The van der Waals surface area contributed by atoms with Crippen LogP contribution in [0.2, 0.25) is 0 Å². The molecule has 20 heavy (non-hydrogen) atoms. The number of nitrogens with two attached hydrogens (primary N) is 1. The Hall–Kier alpha value is -1.90. The van der Waals surface area contributed by atoms with Gasteiger partial charge in [0, 0.05) is 18.7 Å². The summed E-state index contributed by atoms with van der Waals surface area (Å²) in [5.41, 5.74) is 6.82. The van der Waals surface area contributed by atoms with Gasteiger partial charge in [-0.1, -0.05) is 17.9 Å². The van der Waals surface area contributed by atoms with Gasteiger partial charge in [-0.15, -0.1) is 0 Å². The second-order valence-electron chi connectivity index (χ2n) is 4.43. The van der Waals surface area contributed by atoms with Gasteiger partial charge in [0.1, 0.15) is 5.82 Å². The molecule has 0 bridgehead atoms. The first-order chi connectivity index (χ1) is 9.56. The van der Waals surface area contributed by atoms with Crippen LogP contribution in [0.4, 0.5) is 4.39 Å². The molecule has 0 saturated heterocycles. The summed E-state index contributed by atoms with van der Waals surface area (Å²) in [5.74, 6) is 5.21. The molecule has 1 amide bonds. The van der Waals surface area contributed by atoms with E-state index in [1.807, 2.05) is 18.9 Å². The van der Waals surface area contributed by atoms with E-state index < -0.39 is 0 Å². The highest BCUT2D eigenvalue weighted by molar-refractivity contribution is 5.77. The van der Waals surface area contributed by atoms with Crippen LogP contribution in [0.1, 0.15) is 18.1 Å². The summed E-state index contributed by atoms with van der Waals surface area (Å²) in [7, 11) is 1.83. The van der Waals surface area contributed by atoms with Gasteiger partial charge in [-0.25, -0.2) is 4.39 Å². The van der Waals surface area contributed by atoms with Crippen LogP contribution in [0.15, 0.2) is 18.2 Å². The van der Waals surface area contributed by atoms with E-state index in [1.165, 1.54) is 12.1 Å². The lowest BCUT2D eigenvalue weighted by Crippen LogP contribution is -2.34. The summed E-state index contributed by atoms with van der Waals surface area (Å²) in [5, 5.41) is 2.74. The number of carbonyl (C=O) groups excluding carboxylic acids is 1. The lowest BCUT2D eigenvalue weighted by Gasteiger charge is -2.17. The fraction of sp³-hybridized carbons (Fsp3) is 0.400. The maximum absolute atomic E-state index is 13.2. The van der Waals surface area contributed by atoms with Crippen LogP contribution < -0.4 is 11.1 Å². The van der Waals surface area contributed by atoms with Crippen molar-refractivity contribution in [2.45, 2.75) is 13.5 Å². The van der Waals surface area contributed by atoms with Crippen molar-refractivity contribution >= 4 is 5.91 Å². The van der Waals surface area contributed by atoms with E-state index in [2.05, 4.69) is 17.2 Å². The van der Waals surface area contributed by atoms with Crippen molar-refractivity contribution in [1.29, 1.82) is 0 Å². The highest BCUT2D eigenvalue weighted by Gasteiger charge is 2.09. The minimum absolute atomic E-state index is 0.0355. The van der Waals surface area contributed by atoms with Crippen LogP contribution in [0.3, 0.4) is 0 Å². The highest BCUT2D eigenvalue weighted by atomic mass is 19.1. The Morgan fingerprint density at radius 2 is 2.25 bits per heavy atom. The normalized spacial score (nSPS) is 10.1.